The van der Waals surface area contributed by atoms with Gasteiger partial charge in [-0.2, -0.15) is 4.57 Å². The van der Waals surface area contributed by atoms with Crippen LogP contribution in [0.3, 0.4) is 0 Å². The minimum absolute atomic E-state index is 0.232. The van der Waals surface area contributed by atoms with Gasteiger partial charge in [-0.15, -0.1) is 0 Å². The zero-order valence-electron chi connectivity index (χ0n) is 16.2. The van der Waals surface area contributed by atoms with Gasteiger partial charge >= 0.3 is 0 Å². The van der Waals surface area contributed by atoms with Gasteiger partial charge < -0.3 is 22.4 Å². The first kappa shape index (κ1) is 20.6. The highest BCUT2D eigenvalue weighted by Gasteiger charge is 2.28. The molecule has 1 heterocycles. The van der Waals surface area contributed by atoms with E-state index in [0.717, 1.165) is 16.9 Å². The molecule has 0 spiro atoms. The molecule has 0 aliphatic rings. The number of aryl methyl sites for hydroxylation is 1. The van der Waals surface area contributed by atoms with Crippen LogP contribution in [0.4, 0.5) is 4.39 Å². The number of rotatable bonds is 7. The average Bonchev–Trinajstić information content (AvgIpc) is 2.73. The summed E-state index contributed by atoms with van der Waals surface area (Å²) in [5, 5.41) is 0.269. The van der Waals surface area contributed by atoms with Gasteiger partial charge in [-0.25, -0.2) is 4.39 Å². The molecule has 1 atom stereocenters. The van der Waals surface area contributed by atoms with Crippen molar-refractivity contribution in [3.8, 4) is 5.75 Å². The number of benzene rings is 2. The molecule has 0 radical (unpaired) electrons. The van der Waals surface area contributed by atoms with Crippen molar-refractivity contribution in [2.24, 2.45) is 4.99 Å². The standard InChI is InChI=1S/C23H21FN2O2S/c1-16-4-3-13-26(15-16)21(22(27)18-7-9-19(24)10-8-18)23(29)25-14-17-5-11-20(28-2)12-6-17/h3-13,15,21H,14H2,1-2H3/t21-/m0/s1. The van der Waals surface area contributed by atoms with E-state index in [1.54, 1.807) is 17.9 Å². The second-order valence-corrected chi connectivity index (χ2v) is 7.02. The van der Waals surface area contributed by atoms with E-state index in [0.29, 0.717) is 12.1 Å². The van der Waals surface area contributed by atoms with Crippen LogP contribution in [0, 0.1) is 12.7 Å². The van der Waals surface area contributed by atoms with Crippen molar-refractivity contribution < 1.29 is 18.5 Å². The Morgan fingerprint density at radius 3 is 2.45 bits per heavy atom. The Morgan fingerprint density at radius 2 is 1.83 bits per heavy atom. The summed E-state index contributed by atoms with van der Waals surface area (Å²) >= 11 is 5.54. The number of hydrogen-bond donors (Lipinski definition) is 0. The van der Waals surface area contributed by atoms with Crippen molar-refractivity contribution in [3.05, 3.63) is 95.6 Å². The molecule has 0 aliphatic heterocycles. The molecule has 1 aromatic heterocycles. The Labute approximate surface area is 175 Å². The number of nitrogens with zero attached hydrogens (tertiary/aromatic N) is 2. The highest BCUT2D eigenvalue weighted by molar-refractivity contribution is 7.77. The van der Waals surface area contributed by atoms with Crippen molar-refractivity contribution in [2.75, 3.05) is 7.11 Å². The predicted molar refractivity (Wildman–Crippen MR) is 113 cm³/mol. The molecule has 2 aromatic carbocycles. The number of ether oxygens (including phenoxy) is 1. The average molecular weight is 408 g/mol. The number of aliphatic imine (C=N–C) groups is 1. The van der Waals surface area contributed by atoms with E-state index in [4.69, 9.17) is 17.4 Å². The molecule has 0 saturated carbocycles. The zero-order chi connectivity index (χ0) is 20.8. The number of halogens is 1. The van der Waals surface area contributed by atoms with Crippen molar-refractivity contribution in [1.82, 2.24) is 0 Å². The molecule has 0 unspecified atom stereocenters. The molecule has 0 bridgehead atoms. The van der Waals surface area contributed by atoms with E-state index in [1.165, 1.54) is 24.3 Å². The number of carbonyl (C=O) groups excluding carboxylic acids is 1. The van der Waals surface area contributed by atoms with Gasteiger partial charge in [-0.3, -0.25) is 4.79 Å². The van der Waals surface area contributed by atoms with Crippen LogP contribution in [-0.4, -0.2) is 17.9 Å². The van der Waals surface area contributed by atoms with Crippen LogP contribution in [0.25, 0.3) is 0 Å². The first-order valence-corrected chi connectivity index (χ1v) is 9.50. The Morgan fingerprint density at radius 1 is 1.14 bits per heavy atom. The van der Waals surface area contributed by atoms with Gasteiger partial charge in [-0.05, 0) is 60.0 Å². The van der Waals surface area contributed by atoms with Gasteiger partial charge in [-0.1, -0.05) is 12.1 Å². The highest BCUT2D eigenvalue weighted by Crippen LogP contribution is 2.15. The Balaban J connectivity index is 1.92. The van der Waals surface area contributed by atoms with Gasteiger partial charge in [0, 0.05) is 17.2 Å². The third-order valence-electron chi connectivity index (χ3n) is 4.46. The molecule has 148 valence electrons. The number of pyridine rings is 1. The largest absolute Gasteiger partial charge is 0.758 e. The molecular weight excluding hydrogens is 387 g/mol. The minimum atomic E-state index is -0.784. The van der Waals surface area contributed by atoms with Crippen molar-refractivity contribution in [1.29, 1.82) is 0 Å². The zero-order valence-corrected chi connectivity index (χ0v) is 17.0. The maximum Gasteiger partial charge on any atom is 0.237 e. The van der Waals surface area contributed by atoms with Gasteiger partial charge in [0.2, 0.25) is 11.8 Å². The third kappa shape index (κ3) is 5.23. The van der Waals surface area contributed by atoms with E-state index in [1.807, 2.05) is 49.5 Å². The van der Waals surface area contributed by atoms with Crippen LogP contribution in [0.15, 0.2) is 78.0 Å². The van der Waals surface area contributed by atoms with Crippen LogP contribution in [-0.2, 0) is 19.2 Å². The fraction of sp³-hybridized carbons (Fsp3) is 0.174. The Bertz CT molecular complexity index is 1020. The fourth-order valence-corrected chi connectivity index (χ4v) is 3.20. The summed E-state index contributed by atoms with van der Waals surface area (Å²) in [6.07, 6.45) is 3.63. The van der Waals surface area contributed by atoms with Crippen molar-refractivity contribution >= 4 is 23.5 Å². The monoisotopic (exact) mass is 408 g/mol. The number of hydrogen-bond acceptors (Lipinski definition) is 4. The second kappa shape index (κ2) is 9.39. The lowest BCUT2D eigenvalue weighted by Gasteiger charge is -2.19. The first-order valence-electron chi connectivity index (χ1n) is 9.09. The second-order valence-electron chi connectivity index (χ2n) is 6.60. The fourth-order valence-electron chi connectivity index (χ4n) is 2.91. The molecule has 0 amide bonds. The van der Waals surface area contributed by atoms with Gasteiger partial charge in [0.15, 0.2) is 12.4 Å². The molecule has 3 aromatic rings. The van der Waals surface area contributed by atoms with Gasteiger partial charge in [0.25, 0.3) is 0 Å². The number of Topliss-reactive ketones (excluding diaryl/α,β-unsaturated/α-hetero) is 1. The van der Waals surface area contributed by atoms with E-state index in [2.05, 4.69) is 4.99 Å². The summed E-state index contributed by atoms with van der Waals surface area (Å²) in [5.74, 6) is 0.133. The topological polar surface area (TPSA) is 42.5 Å². The van der Waals surface area contributed by atoms with E-state index in [-0.39, 0.29) is 10.8 Å². The lowest BCUT2D eigenvalue weighted by molar-refractivity contribution is -0.692. The summed E-state index contributed by atoms with van der Waals surface area (Å²) < 4.78 is 20.2. The normalized spacial score (nSPS) is 12.4. The van der Waals surface area contributed by atoms with E-state index >= 15 is 0 Å². The van der Waals surface area contributed by atoms with Crippen molar-refractivity contribution in [2.45, 2.75) is 19.5 Å². The Kier molecular flexibility index (Phi) is 6.67. The van der Waals surface area contributed by atoms with Crippen LogP contribution in [0.1, 0.15) is 27.5 Å². The quantitative estimate of drug-likeness (QED) is 0.195. The number of ketones is 1. The summed E-state index contributed by atoms with van der Waals surface area (Å²) in [6, 6.07) is 16.0. The molecular formula is C23H21FN2O2S. The SMILES string of the molecule is COc1ccc(CN=C([S-])[C@H](C(=O)c2ccc(F)cc2)[n+]2cccc(C)c2)cc1. The summed E-state index contributed by atoms with van der Waals surface area (Å²) in [6.45, 7) is 2.29. The summed E-state index contributed by atoms with van der Waals surface area (Å²) in [4.78, 5) is 17.7. The molecule has 6 heteroatoms. The smallest absolute Gasteiger partial charge is 0.237 e. The third-order valence-corrected chi connectivity index (χ3v) is 4.81. The summed E-state index contributed by atoms with van der Waals surface area (Å²) in [5.41, 5.74) is 2.32. The number of carbonyl (C=O) groups is 1. The van der Waals surface area contributed by atoms with Crippen LogP contribution >= 0.6 is 0 Å². The number of aromatic nitrogens is 1. The lowest BCUT2D eigenvalue weighted by Crippen LogP contribution is -2.47. The molecule has 0 saturated heterocycles. The molecule has 4 nitrogen and oxygen atoms in total. The van der Waals surface area contributed by atoms with Crippen LogP contribution in [0.5, 0.6) is 5.75 Å². The van der Waals surface area contributed by atoms with E-state index < -0.39 is 11.9 Å². The number of methoxy groups -OCH3 is 1. The lowest BCUT2D eigenvalue weighted by atomic mass is 10.0. The summed E-state index contributed by atoms with van der Waals surface area (Å²) in [7, 11) is 1.61. The highest BCUT2D eigenvalue weighted by atomic mass is 32.1. The van der Waals surface area contributed by atoms with Crippen LogP contribution in [0.2, 0.25) is 0 Å². The minimum Gasteiger partial charge on any atom is -0.758 e. The molecule has 0 aliphatic carbocycles. The van der Waals surface area contributed by atoms with Crippen molar-refractivity contribution in [3.63, 3.8) is 0 Å². The molecule has 0 N–H and O–H groups in total. The Hall–Kier alpha value is -3.12. The van der Waals surface area contributed by atoms with Gasteiger partial charge in [0.05, 0.1) is 13.7 Å². The molecule has 29 heavy (non-hydrogen) atoms. The van der Waals surface area contributed by atoms with Crippen LogP contribution < -0.4 is 9.30 Å². The van der Waals surface area contributed by atoms with E-state index in [9.17, 15) is 9.18 Å². The first-order chi connectivity index (χ1) is 14.0. The molecule has 0 fully saturated rings. The maximum atomic E-state index is 13.3. The molecule has 3 rings (SSSR count). The predicted octanol–water partition coefficient (Wildman–Crippen LogP) is 4.00. The maximum absolute atomic E-state index is 13.3. The van der Waals surface area contributed by atoms with Gasteiger partial charge in [0.1, 0.15) is 11.6 Å².